The molecule has 0 radical (unpaired) electrons. The van der Waals surface area contributed by atoms with E-state index in [0.717, 1.165) is 32.0 Å². The summed E-state index contributed by atoms with van der Waals surface area (Å²) >= 11 is 0. The Morgan fingerprint density at radius 3 is 2.04 bits per heavy atom. The zero-order valence-corrected chi connectivity index (χ0v) is 15.9. The first-order valence-corrected chi connectivity index (χ1v) is 9.56. The van der Waals surface area contributed by atoms with Crippen LogP contribution in [-0.2, 0) is 4.79 Å². The topological polar surface area (TPSA) is 144 Å². The molecule has 4 atom stereocenters. The van der Waals surface area contributed by atoms with Crippen LogP contribution >= 0.6 is 0 Å². The smallest absolute Gasteiger partial charge is 0.242 e. The molecular formula is C18H32N2O7. The van der Waals surface area contributed by atoms with Crippen molar-refractivity contribution in [2.45, 2.75) is 95.4 Å². The molecule has 0 aromatic rings. The highest BCUT2D eigenvalue weighted by molar-refractivity contribution is 5.48. The number of aliphatic hydroxyl groups excluding tert-OH is 2. The SMILES string of the molecule is CCCCCC(C(O)CC(O)C(C/C=C/CCCCC=O)[N+](=O)[O-])[N+](=O)[O-]. The van der Waals surface area contributed by atoms with Crippen molar-refractivity contribution in [3.05, 3.63) is 32.4 Å². The fourth-order valence-electron chi connectivity index (χ4n) is 2.83. The molecule has 0 aromatic heterocycles. The molecule has 0 rings (SSSR count). The molecule has 0 aliphatic carbocycles. The second-order valence-electron chi connectivity index (χ2n) is 6.73. The van der Waals surface area contributed by atoms with E-state index in [4.69, 9.17) is 0 Å². The van der Waals surface area contributed by atoms with Crippen molar-refractivity contribution in [3.8, 4) is 0 Å². The second kappa shape index (κ2) is 15.2. The highest BCUT2D eigenvalue weighted by Gasteiger charge is 2.36. The number of nitro groups is 2. The number of rotatable bonds is 17. The van der Waals surface area contributed by atoms with E-state index in [1.807, 2.05) is 6.92 Å². The van der Waals surface area contributed by atoms with Crippen LogP contribution in [0.4, 0.5) is 0 Å². The first kappa shape index (κ1) is 25.1. The number of hydrogen-bond acceptors (Lipinski definition) is 7. The van der Waals surface area contributed by atoms with E-state index in [0.29, 0.717) is 19.3 Å². The van der Waals surface area contributed by atoms with Gasteiger partial charge in [-0.3, -0.25) is 20.2 Å². The summed E-state index contributed by atoms with van der Waals surface area (Å²) < 4.78 is 0. The van der Waals surface area contributed by atoms with Crippen molar-refractivity contribution in [2.75, 3.05) is 0 Å². The van der Waals surface area contributed by atoms with E-state index in [1.165, 1.54) is 0 Å². The predicted molar refractivity (Wildman–Crippen MR) is 101 cm³/mol. The van der Waals surface area contributed by atoms with Crippen LogP contribution in [0.25, 0.3) is 0 Å². The molecule has 9 heteroatoms. The summed E-state index contributed by atoms with van der Waals surface area (Å²) in [7, 11) is 0. The summed E-state index contributed by atoms with van der Waals surface area (Å²) in [6, 6.07) is -2.55. The van der Waals surface area contributed by atoms with Crippen molar-refractivity contribution in [1.82, 2.24) is 0 Å². The van der Waals surface area contributed by atoms with Crippen LogP contribution in [-0.4, -0.2) is 50.6 Å². The molecule has 0 amide bonds. The molecule has 0 aliphatic rings. The predicted octanol–water partition coefficient (Wildman–Crippen LogP) is 2.67. The van der Waals surface area contributed by atoms with Crippen molar-refractivity contribution in [2.24, 2.45) is 0 Å². The van der Waals surface area contributed by atoms with Gasteiger partial charge in [-0.2, -0.15) is 0 Å². The number of unbranched alkanes of at least 4 members (excludes halogenated alkanes) is 5. The van der Waals surface area contributed by atoms with Gasteiger partial charge in [0.15, 0.2) is 0 Å². The molecule has 0 spiro atoms. The molecule has 2 N–H and O–H groups in total. The van der Waals surface area contributed by atoms with E-state index in [2.05, 4.69) is 0 Å². The summed E-state index contributed by atoms with van der Waals surface area (Å²) in [5, 5.41) is 42.6. The molecule has 0 saturated carbocycles. The van der Waals surface area contributed by atoms with Crippen LogP contribution < -0.4 is 0 Å². The lowest BCUT2D eigenvalue weighted by molar-refractivity contribution is -0.543. The Bertz CT molecular complexity index is 471. The summed E-state index contributed by atoms with van der Waals surface area (Å²) in [5.41, 5.74) is 0. The molecule has 0 aliphatic heterocycles. The van der Waals surface area contributed by atoms with Crippen LogP contribution in [0, 0.1) is 20.2 Å². The van der Waals surface area contributed by atoms with Gasteiger partial charge in [-0.1, -0.05) is 31.9 Å². The molecule has 0 fully saturated rings. The Labute approximate surface area is 159 Å². The van der Waals surface area contributed by atoms with E-state index >= 15 is 0 Å². The Morgan fingerprint density at radius 2 is 1.48 bits per heavy atom. The average Bonchev–Trinajstić information content (AvgIpc) is 2.60. The third-order valence-corrected chi connectivity index (χ3v) is 4.50. The van der Waals surface area contributed by atoms with Crippen molar-refractivity contribution in [1.29, 1.82) is 0 Å². The number of allylic oxidation sites excluding steroid dienone is 1. The molecule has 0 bridgehead atoms. The van der Waals surface area contributed by atoms with Gasteiger partial charge in [-0.05, 0) is 25.7 Å². The lowest BCUT2D eigenvalue weighted by atomic mass is 9.95. The van der Waals surface area contributed by atoms with Gasteiger partial charge in [0.25, 0.3) is 0 Å². The van der Waals surface area contributed by atoms with Gasteiger partial charge < -0.3 is 15.0 Å². The minimum absolute atomic E-state index is 0.0203. The maximum absolute atomic E-state index is 11.2. The lowest BCUT2D eigenvalue weighted by Gasteiger charge is -2.20. The fraction of sp³-hybridized carbons (Fsp3) is 0.833. The Balaban J connectivity index is 4.59. The molecule has 0 saturated heterocycles. The molecule has 0 aromatic carbocycles. The highest BCUT2D eigenvalue weighted by atomic mass is 16.6. The molecule has 156 valence electrons. The zero-order valence-electron chi connectivity index (χ0n) is 15.9. The normalized spacial score (nSPS) is 16.0. The molecular weight excluding hydrogens is 356 g/mol. The zero-order chi connectivity index (χ0) is 20.7. The third-order valence-electron chi connectivity index (χ3n) is 4.50. The molecule has 9 nitrogen and oxygen atoms in total. The Kier molecular flexibility index (Phi) is 14.2. The van der Waals surface area contributed by atoms with E-state index < -0.39 is 40.6 Å². The monoisotopic (exact) mass is 388 g/mol. The van der Waals surface area contributed by atoms with Gasteiger partial charge in [0, 0.05) is 35.5 Å². The van der Waals surface area contributed by atoms with Gasteiger partial charge >= 0.3 is 0 Å². The maximum atomic E-state index is 11.2. The quantitative estimate of drug-likeness (QED) is 0.128. The van der Waals surface area contributed by atoms with Gasteiger partial charge in [-0.25, -0.2) is 0 Å². The Hall–Kier alpha value is -1.87. The summed E-state index contributed by atoms with van der Waals surface area (Å²) in [6.07, 6.45) is 6.02. The lowest BCUT2D eigenvalue weighted by Crippen LogP contribution is -2.41. The van der Waals surface area contributed by atoms with Crippen LogP contribution in [0.2, 0.25) is 0 Å². The molecule has 27 heavy (non-hydrogen) atoms. The third kappa shape index (κ3) is 11.4. The van der Waals surface area contributed by atoms with Crippen LogP contribution in [0.3, 0.4) is 0 Å². The van der Waals surface area contributed by atoms with Gasteiger partial charge in [0.05, 0.1) is 0 Å². The summed E-state index contributed by atoms with van der Waals surface area (Å²) in [6.45, 7) is 1.96. The van der Waals surface area contributed by atoms with Gasteiger partial charge in [0.2, 0.25) is 12.1 Å². The summed E-state index contributed by atoms with van der Waals surface area (Å²) in [5.74, 6) is 0. The first-order valence-electron chi connectivity index (χ1n) is 9.56. The summed E-state index contributed by atoms with van der Waals surface area (Å²) in [4.78, 5) is 31.3. The number of aldehydes is 1. The van der Waals surface area contributed by atoms with Gasteiger partial charge in [-0.15, -0.1) is 0 Å². The standard InChI is InChI=1S/C18H32N2O7/c1-2-3-8-11-15(19(24)25)17(22)14-18(23)16(20(26)27)12-9-6-4-5-7-10-13-21/h6,9,13,15-18,22-23H,2-5,7-8,10-12,14H2,1H3/b9-6+. The average molecular weight is 388 g/mol. The van der Waals surface area contributed by atoms with E-state index in [9.17, 15) is 35.2 Å². The number of hydrogen-bond donors (Lipinski definition) is 2. The van der Waals surface area contributed by atoms with Gasteiger partial charge in [0.1, 0.15) is 18.5 Å². The van der Waals surface area contributed by atoms with E-state index in [1.54, 1.807) is 12.2 Å². The maximum Gasteiger partial charge on any atom is 0.242 e. The largest absolute Gasteiger partial charge is 0.386 e. The van der Waals surface area contributed by atoms with Crippen LogP contribution in [0.15, 0.2) is 12.2 Å². The van der Waals surface area contributed by atoms with Crippen molar-refractivity contribution in [3.63, 3.8) is 0 Å². The second-order valence-corrected chi connectivity index (χ2v) is 6.73. The number of nitrogens with zero attached hydrogens (tertiary/aromatic N) is 2. The minimum Gasteiger partial charge on any atom is -0.386 e. The molecule has 0 heterocycles. The first-order chi connectivity index (χ1) is 12.8. The number of carbonyl (C=O) groups is 1. The number of aliphatic hydroxyl groups is 2. The number of carbonyl (C=O) groups excluding carboxylic acids is 1. The molecule has 4 unspecified atom stereocenters. The minimum atomic E-state index is -1.47. The van der Waals surface area contributed by atoms with Crippen LogP contribution in [0.5, 0.6) is 0 Å². The van der Waals surface area contributed by atoms with Crippen molar-refractivity contribution >= 4 is 6.29 Å². The van der Waals surface area contributed by atoms with Crippen molar-refractivity contribution < 1.29 is 24.9 Å². The fourth-order valence-corrected chi connectivity index (χ4v) is 2.83. The Morgan fingerprint density at radius 1 is 0.889 bits per heavy atom. The van der Waals surface area contributed by atoms with E-state index in [-0.39, 0.29) is 12.8 Å². The van der Waals surface area contributed by atoms with Crippen LogP contribution in [0.1, 0.15) is 71.1 Å². The highest BCUT2D eigenvalue weighted by Crippen LogP contribution is 2.17.